The molecule has 1 aromatic rings. The van der Waals surface area contributed by atoms with Gasteiger partial charge in [0.2, 0.25) is 11.8 Å². The first kappa shape index (κ1) is 20.2. The van der Waals surface area contributed by atoms with Crippen molar-refractivity contribution < 1.29 is 14.1 Å². The fourth-order valence-corrected chi connectivity index (χ4v) is 4.10. The summed E-state index contributed by atoms with van der Waals surface area (Å²) in [5, 5.41) is 6.97. The summed E-state index contributed by atoms with van der Waals surface area (Å²) in [6.45, 7) is 8.00. The maximum Gasteiger partial charge on any atom is 0.240 e. The average molecular weight is 380 g/mol. The van der Waals surface area contributed by atoms with Gasteiger partial charge in [-0.2, -0.15) is 4.98 Å². The van der Waals surface area contributed by atoms with Crippen molar-refractivity contribution in [2.75, 3.05) is 46.4 Å². The van der Waals surface area contributed by atoms with Crippen molar-refractivity contribution in [3.05, 3.63) is 11.7 Å². The lowest BCUT2D eigenvalue weighted by molar-refractivity contribution is -0.127. The molecular weight excluding hydrogens is 346 g/mol. The molecule has 0 aromatic carbocycles. The zero-order valence-electron chi connectivity index (χ0n) is 16.7. The molecule has 8 nitrogen and oxygen atoms in total. The number of nitrogens with zero attached hydrogens (tertiary/aromatic N) is 4. The molecule has 0 saturated carbocycles. The van der Waals surface area contributed by atoms with Gasteiger partial charge < -0.3 is 14.6 Å². The van der Waals surface area contributed by atoms with Gasteiger partial charge in [0.05, 0.1) is 19.1 Å². The van der Waals surface area contributed by atoms with Crippen molar-refractivity contribution >= 4 is 5.91 Å². The summed E-state index contributed by atoms with van der Waals surface area (Å²) in [4.78, 5) is 21.7. The van der Waals surface area contributed by atoms with E-state index in [4.69, 9.17) is 9.26 Å². The van der Waals surface area contributed by atoms with Crippen molar-refractivity contribution in [1.82, 2.24) is 25.3 Å². The van der Waals surface area contributed by atoms with Crippen molar-refractivity contribution in [3.8, 4) is 0 Å². The number of aromatic nitrogens is 2. The summed E-state index contributed by atoms with van der Waals surface area (Å²) in [6, 6.07) is 0.574. The van der Waals surface area contributed by atoms with Crippen LogP contribution in [0.3, 0.4) is 0 Å². The third-order valence-electron chi connectivity index (χ3n) is 5.69. The molecule has 2 aliphatic rings. The molecule has 0 bridgehead atoms. The average Bonchev–Trinajstić information content (AvgIpc) is 3.16. The van der Waals surface area contributed by atoms with Crippen LogP contribution in [0.5, 0.6) is 0 Å². The Labute approximate surface area is 161 Å². The van der Waals surface area contributed by atoms with Crippen LogP contribution in [-0.2, 0) is 22.5 Å². The third-order valence-corrected chi connectivity index (χ3v) is 5.69. The lowest BCUT2D eigenvalue weighted by atomic mass is 9.93. The summed E-state index contributed by atoms with van der Waals surface area (Å²) in [5.74, 6) is 1.79. The number of rotatable bonds is 8. The fraction of sp³-hybridized carbons (Fsp3) is 0.842. The predicted molar refractivity (Wildman–Crippen MR) is 101 cm³/mol. The van der Waals surface area contributed by atoms with Gasteiger partial charge in [-0.05, 0) is 32.2 Å². The monoisotopic (exact) mass is 379 g/mol. The first-order chi connectivity index (χ1) is 13.2. The van der Waals surface area contributed by atoms with Crippen molar-refractivity contribution in [1.29, 1.82) is 0 Å². The van der Waals surface area contributed by atoms with Gasteiger partial charge in [0.1, 0.15) is 0 Å². The van der Waals surface area contributed by atoms with Crippen LogP contribution in [0.1, 0.15) is 44.3 Å². The van der Waals surface area contributed by atoms with Crippen LogP contribution < -0.4 is 5.32 Å². The molecule has 0 spiro atoms. The summed E-state index contributed by atoms with van der Waals surface area (Å²) in [5.41, 5.74) is 0. The molecular formula is C19H33N5O3. The van der Waals surface area contributed by atoms with E-state index < -0.39 is 0 Å². The maximum atomic E-state index is 12.4. The highest BCUT2D eigenvalue weighted by Crippen LogP contribution is 2.24. The Kier molecular flexibility index (Phi) is 7.60. The second kappa shape index (κ2) is 10.1. The molecule has 152 valence electrons. The largest absolute Gasteiger partial charge is 0.383 e. The van der Waals surface area contributed by atoms with Crippen molar-refractivity contribution in [3.63, 3.8) is 0 Å². The van der Waals surface area contributed by atoms with E-state index in [1.807, 2.05) is 6.92 Å². The number of piperidine rings is 2. The lowest BCUT2D eigenvalue weighted by Gasteiger charge is -2.41. The minimum atomic E-state index is 0.111. The van der Waals surface area contributed by atoms with Gasteiger partial charge in [0.15, 0.2) is 5.82 Å². The van der Waals surface area contributed by atoms with Gasteiger partial charge in [0.25, 0.3) is 0 Å². The second-order valence-electron chi connectivity index (χ2n) is 7.58. The van der Waals surface area contributed by atoms with Gasteiger partial charge in [-0.15, -0.1) is 0 Å². The zero-order chi connectivity index (χ0) is 19.1. The van der Waals surface area contributed by atoms with E-state index in [0.29, 0.717) is 19.2 Å². The maximum absolute atomic E-state index is 12.4. The number of nitrogens with one attached hydrogen (secondary N) is 1. The van der Waals surface area contributed by atoms with Crippen LogP contribution in [0.15, 0.2) is 4.52 Å². The number of amides is 1. The highest BCUT2D eigenvalue weighted by molar-refractivity contribution is 5.78. The van der Waals surface area contributed by atoms with Gasteiger partial charge >= 0.3 is 0 Å². The molecule has 27 heavy (non-hydrogen) atoms. The molecule has 1 unspecified atom stereocenters. The fourth-order valence-electron chi connectivity index (χ4n) is 4.10. The van der Waals surface area contributed by atoms with E-state index in [1.54, 1.807) is 7.11 Å². The number of methoxy groups -OCH3 is 1. The Morgan fingerprint density at radius 1 is 1.30 bits per heavy atom. The Morgan fingerprint density at radius 3 is 2.81 bits per heavy atom. The number of hydrogen-bond donors (Lipinski definition) is 1. The van der Waals surface area contributed by atoms with Crippen LogP contribution in [0.4, 0.5) is 0 Å². The van der Waals surface area contributed by atoms with Crippen LogP contribution in [0.2, 0.25) is 0 Å². The van der Waals surface area contributed by atoms with Gasteiger partial charge in [0, 0.05) is 45.8 Å². The van der Waals surface area contributed by atoms with Gasteiger partial charge in [-0.1, -0.05) is 12.1 Å². The van der Waals surface area contributed by atoms with E-state index in [-0.39, 0.29) is 11.8 Å². The molecule has 2 aliphatic heterocycles. The molecule has 2 saturated heterocycles. The lowest BCUT2D eigenvalue weighted by Crippen LogP contribution is -2.50. The zero-order valence-corrected chi connectivity index (χ0v) is 16.7. The number of hydrogen-bond acceptors (Lipinski definition) is 7. The van der Waals surface area contributed by atoms with Crippen LogP contribution in [0, 0.1) is 5.92 Å². The number of likely N-dealkylation sites (tertiary alicyclic amines) is 2. The van der Waals surface area contributed by atoms with Crippen molar-refractivity contribution in [2.45, 2.75) is 51.6 Å². The molecule has 3 rings (SSSR count). The van der Waals surface area contributed by atoms with Gasteiger partial charge in [-0.25, -0.2) is 0 Å². The Morgan fingerprint density at radius 2 is 2.11 bits per heavy atom. The highest BCUT2D eigenvalue weighted by atomic mass is 16.5. The number of ether oxygens (including phenoxy) is 1. The first-order valence-electron chi connectivity index (χ1n) is 10.2. The summed E-state index contributed by atoms with van der Waals surface area (Å²) in [7, 11) is 1.65. The topological polar surface area (TPSA) is 83.7 Å². The van der Waals surface area contributed by atoms with Gasteiger partial charge in [-0.3, -0.25) is 14.6 Å². The predicted octanol–water partition coefficient (Wildman–Crippen LogP) is 1.07. The molecule has 8 heteroatoms. The molecule has 0 radical (unpaired) electrons. The smallest absolute Gasteiger partial charge is 0.240 e. The number of carbonyl (C=O) groups excluding carboxylic acids is 1. The molecule has 1 aromatic heterocycles. The summed E-state index contributed by atoms with van der Waals surface area (Å²) < 4.78 is 10.3. The highest BCUT2D eigenvalue weighted by Gasteiger charge is 2.31. The molecule has 3 heterocycles. The molecule has 1 amide bonds. The van der Waals surface area contributed by atoms with Crippen molar-refractivity contribution in [2.24, 2.45) is 5.92 Å². The number of carbonyl (C=O) groups is 1. The SMILES string of the molecule is CCc1noc(CN2CCC(N3CCCC(C(=O)NCCOC)C3)CC2)n1. The third kappa shape index (κ3) is 5.73. The molecule has 0 aliphatic carbocycles. The summed E-state index contributed by atoms with van der Waals surface area (Å²) >= 11 is 0. The van der Waals surface area contributed by atoms with E-state index in [9.17, 15) is 4.79 Å². The Bertz CT molecular complexity index is 586. The number of aryl methyl sites for hydroxylation is 1. The molecule has 1 atom stereocenters. The summed E-state index contributed by atoms with van der Waals surface area (Å²) in [6.07, 6.45) is 5.16. The quantitative estimate of drug-likeness (QED) is 0.677. The first-order valence-corrected chi connectivity index (χ1v) is 10.2. The van der Waals surface area contributed by atoms with Crippen LogP contribution >= 0.6 is 0 Å². The minimum absolute atomic E-state index is 0.111. The molecule has 1 N–H and O–H groups in total. The van der Waals surface area contributed by atoms with E-state index in [2.05, 4.69) is 25.3 Å². The van der Waals surface area contributed by atoms with E-state index in [1.165, 1.54) is 0 Å². The van der Waals surface area contributed by atoms with E-state index >= 15 is 0 Å². The molecule has 2 fully saturated rings. The minimum Gasteiger partial charge on any atom is -0.383 e. The Balaban J connectivity index is 1.42. The Hall–Kier alpha value is -1.51. The van der Waals surface area contributed by atoms with Crippen LogP contribution in [0.25, 0.3) is 0 Å². The second-order valence-corrected chi connectivity index (χ2v) is 7.58. The standard InChI is InChI=1S/C19H33N5O3/c1-3-17-21-18(27-22-17)14-23-10-6-16(7-11-23)24-9-4-5-15(13-24)19(25)20-8-12-26-2/h15-16H,3-14H2,1-2H3,(H,20,25). The normalized spacial score (nSPS) is 22.8. The van der Waals surface area contributed by atoms with Crippen LogP contribution in [-0.4, -0.2) is 78.3 Å². The van der Waals surface area contributed by atoms with E-state index in [0.717, 1.165) is 76.5 Å².